The van der Waals surface area contributed by atoms with Crippen molar-refractivity contribution in [3.8, 4) is 5.75 Å². The largest absolute Gasteiger partial charge is 0.497 e. The van der Waals surface area contributed by atoms with Crippen LogP contribution in [0, 0.1) is 0 Å². The first-order chi connectivity index (χ1) is 8.49. The Morgan fingerprint density at radius 2 is 2.17 bits per heavy atom. The van der Waals surface area contributed by atoms with Crippen LogP contribution in [0.4, 0.5) is 0 Å². The zero-order valence-electron chi connectivity index (χ0n) is 10.7. The van der Waals surface area contributed by atoms with E-state index in [1.807, 2.05) is 24.3 Å². The molecule has 0 aliphatic rings. The Balaban J connectivity index is 2.51. The highest BCUT2D eigenvalue weighted by atomic mass is 32.2. The van der Waals surface area contributed by atoms with Crippen LogP contribution in [0.2, 0.25) is 0 Å². The van der Waals surface area contributed by atoms with Crippen molar-refractivity contribution in [2.75, 3.05) is 20.2 Å². The minimum atomic E-state index is -3.30. The van der Waals surface area contributed by atoms with Crippen LogP contribution in [-0.2, 0) is 16.4 Å². The van der Waals surface area contributed by atoms with E-state index in [1.54, 1.807) is 14.0 Å². The maximum Gasteiger partial charge on any atom is 0.215 e. The molecule has 102 valence electrons. The number of nitrogens with two attached hydrogens (primary N) is 1. The molecule has 18 heavy (non-hydrogen) atoms. The molecule has 0 heterocycles. The van der Waals surface area contributed by atoms with Crippen LogP contribution >= 0.6 is 0 Å². The molecule has 1 aromatic carbocycles. The molecule has 0 amide bonds. The van der Waals surface area contributed by atoms with Crippen LogP contribution in [0.5, 0.6) is 5.75 Å². The van der Waals surface area contributed by atoms with Crippen molar-refractivity contribution in [3.63, 3.8) is 0 Å². The highest BCUT2D eigenvalue weighted by Crippen LogP contribution is 2.12. The number of benzene rings is 1. The molecule has 0 saturated heterocycles. The number of hydrogen-bond acceptors (Lipinski definition) is 4. The second kappa shape index (κ2) is 6.72. The fourth-order valence-electron chi connectivity index (χ4n) is 1.43. The lowest BCUT2D eigenvalue weighted by molar-refractivity contribution is 0.414. The van der Waals surface area contributed by atoms with Gasteiger partial charge in [0.1, 0.15) is 5.75 Å². The number of sulfonamides is 1. The van der Waals surface area contributed by atoms with E-state index in [0.717, 1.165) is 11.3 Å². The van der Waals surface area contributed by atoms with Gasteiger partial charge < -0.3 is 10.5 Å². The molecule has 1 rings (SSSR count). The summed E-state index contributed by atoms with van der Waals surface area (Å²) in [7, 11) is -1.70. The van der Waals surface area contributed by atoms with Crippen molar-refractivity contribution in [3.05, 3.63) is 29.8 Å². The van der Waals surface area contributed by atoms with Crippen LogP contribution in [-0.4, -0.2) is 33.9 Å². The van der Waals surface area contributed by atoms with Gasteiger partial charge in [-0.3, -0.25) is 0 Å². The molecule has 0 bridgehead atoms. The first-order valence-corrected chi connectivity index (χ1v) is 7.35. The highest BCUT2D eigenvalue weighted by Gasteiger charge is 2.17. The van der Waals surface area contributed by atoms with E-state index in [4.69, 9.17) is 10.5 Å². The van der Waals surface area contributed by atoms with E-state index in [0.29, 0.717) is 13.0 Å². The minimum Gasteiger partial charge on any atom is -0.497 e. The first-order valence-electron chi connectivity index (χ1n) is 5.81. The maximum atomic E-state index is 11.7. The number of ether oxygens (including phenoxy) is 1. The molecule has 0 aromatic heterocycles. The molecule has 3 N–H and O–H groups in total. The van der Waals surface area contributed by atoms with Gasteiger partial charge in [-0.15, -0.1) is 0 Å². The predicted molar refractivity (Wildman–Crippen MR) is 72.1 cm³/mol. The maximum absolute atomic E-state index is 11.7. The van der Waals surface area contributed by atoms with E-state index in [1.165, 1.54) is 0 Å². The Labute approximate surface area is 108 Å². The predicted octanol–water partition coefficient (Wildman–Crippen LogP) is 0.504. The number of methoxy groups -OCH3 is 1. The average Bonchev–Trinajstić information content (AvgIpc) is 2.37. The number of nitrogens with one attached hydrogen (secondary N) is 1. The van der Waals surface area contributed by atoms with Gasteiger partial charge in [0.25, 0.3) is 0 Å². The van der Waals surface area contributed by atoms with Gasteiger partial charge in [-0.1, -0.05) is 12.1 Å². The SMILES string of the molecule is COc1cccc(CCNS(=O)(=O)C(C)CN)c1. The molecule has 0 aliphatic carbocycles. The van der Waals surface area contributed by atoms with Gasteiger partial charge in [-0.05, 0) is 31.0 Å². The van der Waals surface area contributed by atoms with Gasteiger partial charge >= 0.3 is 0 Å². The standard InChI is InChI=1S/C12H20N2O3S/c1-10(9-13)18(15,16)14-7-6-11-4-3-5-12(8-11)17-2/h3-5,8,10,14H,6-7,9,13H2,1-2H3. The molecule has 1 unspecified atom stereocenters. The minimum absolute atomic E-state index is 0.120. The van der Waals surface area contributed by atoms with E-state index < -0.39 is 15.3 Å². The summed E-state index contributed by atoms with van der Waals surface area (Å²) in [5.74, 6) is 0.769. The van der Waals surface area contributed by atoms with E-state index in [9.17, 15) is 8.42 Å². The summed E-state index contributed by atoms with van der Waals surface area (Å²) in [5, 5.41) is -0.567. The Morgan fingerprint density at radius 1 is 1.44 bits per heavy atom. The third-order valence-corrected chi connectivity index (χ3v) is 4.57. The summed E-state index contributed by atoms with van der Waals surface area (Å²) in [5.41, 5.74) is 6.37. The lowest BCUT2D eigenvalue weighted by Gasteiger charge is -2.11. The lowest BCUT2D eigenvalue weighted by atomic mass is 10.1. The molecule has 0 radical (unpaired) electrons. The van der Waals surface area contributed by atoms with Gasteiger partial charge in [0.2, 0.25) is 10.0 Å². The second-order valence-corrected chi connectivity index (χ2v) is 6.27. The van der Waals surface area contributed by atoms with E-state index in [2.05, 4.69) is 4.72 Å². The van der Waals surface area contributed by atoms with Crippen molar-refractivity contribution < 1.29 is 13.2 Å². The van der Waals surface area contributed by atoms with Gasteiger partial charge in [0.05, 0.1) is 12.4 Å². The Morgan fingerprint density at radius 3 is 2.78 bits per heavy atom. The lowest BCUT2D eigenvalue weighted by Crippen LogP contribution is -2.37. The van der Waals surface area contributed by atoms with Crippen molar-refractivity contribution in [1.82, 2.24) is 4.72 Å². The molecule has 0 spiro atoms. The van der Waals surface area contributed by atoms with Gasteiger partial charge in [0.15, 0.2) is 0 Å². The Bertz CT molecular complexity index is 474. The summed E-state index contributed by atoms with van der Waals surface area (Å²) >= 11 is 0. The Hall–Kier alpha value is -1.11. The van der Waals surface area contributed by atoms with Crippen molar-refractivity contribution in [1.29, 1.82) is 0 Å². The second-order valence-electron chi connectivity index (χ2n) is 4.09. The van der Waals surface area contributed by atoms with E-state index >= 15 is 0 Å². The highest BCUT2D eigenvalue weighted by molar-refractivity contribution is 7.90. The van der Waals surface area contributed by atoms with Crippen molar-refractivity contribution >= 4 is 10.0 Å². The summed E-state index contributed by atoms with van der Waals surface area (Å²) in [6, 6.07) is 7.55. The zero-order chi connectivity index (χ0) is 13.6. The van der Waals surface area contributed by atoms with Gasteiger partial charge in [-0.2, -0.15) is 0 Å². The molecule has 1 atom stereocenters. The average molecular weight is 272 g/mol. The van der Waals surface area contributed by atoms with Crippen molar-refractivity contribution in [2.24, 2.45) is 5.73 Å². The van der Waals surface area contributed by atoms with Crippen LogP contribution < -0.4 is 15.2 Å². The van der Waals surface area contributed by atoms with Crippen LogP contribution in [0.1, 0.15) is 12.5 Å². The summed E-state index contributed by atoms with van der Waals surface area (Å²) in [6.07, 6.45) is 0.619. The molecular formula is C12H20N2O3S. The fraction of sp³-hybridized carbons (Fsp3) is 0.500. The number of rotatable bonds is 7. The summed E-state index contributed by atoms with van der Waals surface area (Å²) in [4.78, 5) is 0. The number of hydrogen-bond donors (Lipinski definition) is 2. The van der Waals surface area contributed by atoms with E-state index in [-0.39, 0.29) is 6.54 Å². The molecule has 1 aromatic rings. The third-order valence-electron chi connectivity index (χ3n) is 2.71. The smallest absolute Gasteiger partial charge is 0.215 e. The molecule has 0 saturated carbocycles. The monoisotopic (exact) mass is 272 g/mol. The quantitative estimate of drug-likeness (QED) is 0.757. The molecule has 5 nitrogen and oxygen atoms in total. The van der Waals surface area contributed by atoms with Crippen LogP contribution in [0.15, 0.2) is 24.3 Å². The summed E-state index contributed by atoms with van der Waals surface area (Å²) in [6.45, 7) is 2.07. The van der Waals surface area contributed by atoms with Gasteiger partial charge in [0, 0.05) is 13.1 Å². The first kappa shape index (κ1) is 14.9. The Kier molecular flexibility index (Phi) is 5.58. The van der Waals surface area contributed by atoms with Crippen LogP contribution in [0.25, 0.3) is 0 Å². The van der Waals surface area contributed by atoms with Crippen molar-refractivity contribution in [2.45, 2.75) is 18.6 Å². The summed E-state index contributed by atoms with van der Waals surface area (Å²) < 4.78 is 31.0. The molecule has 0 fully saturated rings. The molecule has 0 aliphatic heterocycles. The zero-order valence-corrected chi connectivity index (χ0v) is 11.5. The molecule has 6 heteroatoms. The molecular weight excluding hydrogens is 252 g/mol. The third kappa shape index (κ3) is 4.29. The fourth-order valence-corrected chi connectivity index (χ4v) is 2.36. The normalized spacial score (nSPS) is 13.3. The topological polar surface area (TPSA) is 81.4 Å². The van der Waals surface area contributed by atoms with Crippen LogP contribution in [0.3, 0.4) is 0 Å². The van der Waals surface area contributed by atoms with Gasteiger partial charge in [-0.25, -0.2) is 13.1 Å².